The highest BCUT2D eigenvalue weighted by Gasteiger charge is 2.58. The van der Waals surface area contributed by atoms with Crippen molar-refractivity contribution < 1.29 is 14.4 Å². The van der Waals surface area contributed by atoms with E-state index in [4.69, 9.17) is 5.26 Å². The molecule has 0 aromatic heterocycles. The normalized spacial score (nSPS) is 32.8. The number of nitrogens with one attached hydrogen (secondary N) is 2. The van der Waals surface area contributed by atoms with Gasteiger partial charge in [0.1, 0.15) is 5.54 Å². The van der Waals surface area contributed by atoms with Crippen LogP contribution in [0.15, 0.2) is 36.4 Å². The fourth-order valence-electron chi connectivity index (χ4n) is 5.82. The van der Waals surface area contributed by atoms with Gasteiger partial charge in [-0.15, -0.1) is 0 Å². The van der Waals surface area contributed by atoms with Crippen LogP contribution in [-0.2, 0) is 14.4 Å². The maximum Gasteiger partial charge on any atom is 0.223 e. The lowest BCUT2D eigenvalue weighted by molar-refractivity contribution is -0.132. The minimum Gasteiger partial charge on any atom is -0.375 e. The molecule has 35 heavy (non-hydrogen) atoms. The van der Waals surface area contributed by atoms with Crippen LogP contribution in [-0.4, -0.2) is 29.1 Å². The van der Waals surface area contributed by atoms with Gasteiger partial charge in [-0.25, -0.2) is 0 Å². The molecule has 5 atom stereocenters. The molecular formula is C29H37N3O3. The number of fused-ring (bicyclic) bond motifs is 3. The third-order valence-electron chi connectivity index (χ3n) is 8.11. The number of ketones is 2. The van der Waals surface area contributed by atoms with E-state index in [9.17, 15) is 14.4 Å². The number of benzene rings is 1. The molecule has 6 heteroatoms. The molecule has 2 saturated carbocycles. The molecule has 186 valence electrons. The zero-order chi connectivity index (χ0) is 24.8. The lowest BCUT2D eigenvalue weighted by atomic mass is 9.77. The molecule has 0 spiro atoms. The van der Waals surface area contributed by atoms with Crippen molar-refractivity contribution in [1.29, 1.82) is 5.26 Å². The predicted molar refractivity (Wildman–Crippen MR) is 136 cm³/mol. The molecule has 1 heterocycles. The smallest absolute Gasteiger partial charge is 0.223 e. The number of nitriles is 1. The third kappa shape index (κ3) is 6.20. The fourth-order valence-corrected chi connectivity index (χ4v) is 5.82. The molecule has 6 nitrogen and oxygen atoms in total. The van der Waals surface area contributed by atoms with Gasteiger partial charge in [-0.2, -0.15) is 5.26 Å². The summed E-state index contributed by atoms with van der Waals surface area (Å²) in [6.07, 6.45) is 13.6. The van der Waals surface area contributed by atoms with Gasteiger partial charge >= 0.3 is 0 Å². The third-order valence-corrected chi connectivity index (χ3v) is 8.11. The number of Topliss-reactive ketones (excluding diaryl/α,β-unsaturated/α-hetero) is 2. The molecule has 1 aliphatic heterocycles. The van der Waals surface area contributed by atoms with Crippen molar-refractivity contribution in [3.05, 3.63) is 42.0 Å². The van der Waals surface area contributed by atoms with Gasteiger partial charge in [0.25, 0.3) is 0 Å². The highest BCUT2D eigenvalue weighted by atomic mass is 16.2. The van der Waals surface area contributed by atoms with Crippen LogP contribution in [0.1, 0.15) is 83.1 Å². The van der Waals surface area contributed by atoms with Gasteiger partial charge in [0.2, 0.25) is 5.91 Å². The maximum absolute atomic E-state index is 13.4. The van der Waals surface area contributed by atoms with Crippen molar-refractivity contribution in [3.63, 3.8) is 0 Å². The van der Waals surface area contributed by atoms with Crippen molar-refractivity contribution in [3.8, 4) is 6.07 Å². The second-order valence-corrected chi connectivity index (χ2v) is 10.7. The number of rotatable bonds is 3. The van der Waals surface area contributed by atoms with Gasteiger partial charge in [-0.1, -0.05) is 31.4 Å². The van der Waals surface area contributed by atoms with Gasteiger partial charge in [0.05, 0.1) is 17.7 Å². The molecule has 1 aromatic rings. The number of carbonyl (C=O) groups is 3. The van der Waals surface area contributed by atoms with E-state index in [1.54, 1.807) is 19.1 Å². The first kappa shape index (κ1) is 25.2. The summed E-state index contributed by atoms with van der Waals surface area (Å²) >= 11 is 0. The van der Waals surface area contributed by atoms with E-state index in [1.807, 2.05) is 12.1 Å². The average Bonchev–Trinajstić information content (AvgIpc) is 3.56. The van der Waals surface area contributed by atoms with Crippen LogP contribution >= 0.6 is 0 Å². The Morgan fingerprint density at radius 2 is 1.89 bits per heavy atom. The summed E-state index contributed by atoms with van der Waals surface area (Å²) in [7, 11) is 0. The van der Waals surface area contributed by atoms with Crippen molar-refractivity contribution in [2.45, 2.75) is 89.1 Å². The minimum absolute atomic E-state index is 0.0233. The first-order valence-electron chi connectivity index (χ1n) is 13.2. The van der Waals surface area contributed by atoms with Gasteiger partial charge in [0.15, 0.2) is 11.6 Å². The molecule has 2 N–H and O–H groups in total. The summed E-state index contributed by atoms with van der Waals surface area (Å²) in [5.41, 5.74) is 0.728. The highest BCUT2D eigenvalue weighted by Crippen LogP contribution is 2.46. The summed E-state index contributed by atoms with van der Waals surface area (Å²) in [6, 6.07) is 9.10. The van der Waals surface area contributed by atoms with Crippen molar-refractivity contribution >= 4 is 23.2 Å². The van der Waals surface area contributed by atoms with E-state index < -0.39 is 5.54 Å². The van der Waals surface area contributed by atoms with Crippen LogP contribution < -0.4 is 10.6 Å². The topological polar surface area (TPSA) is 99.1 Å². The number of amides is 1. The van der Waals surface area contributed by atoms with Crippen LogP contribution in [0.5, 0.6) is 0 Å². The molecule has 3 aliphatic rings. The number of nitrogens with zero attached hydrogens (tertiary/aromatic N) is 1. The zero-order valence-electron chi connectivity index (χ0n) is 20.7. The molecule has 2 aliphatic carbocycles. The van der Waals surface area contributed by atoms with Gasteiger partial charge < -0.3 is 10.6 Å². The van der Waals surface area contributed by atoms with E-state index >= 15 is 0 Å². The van der Waals surface area contributed by atoms with E-state index in [2.05, 4.69) is 28.9 Å². The van der Waals surface area contributed by atoms with E-state index in [-0.39, 0.29) is 41.3 Å². The molecule has 2 fully saturated rings. The Bertz CT molecular complexity index is 1010. The Morgan fingerprint density at radius 3 is 2.63 bits per heavy atom. The maximum atomic E-state index is 13.4. The Balaban J connectivity index is 1.47. The molecule has 1 amide bonds. The second-order valence-electron chi connectivity index (χ2n) is 10.7. The van der Waals surface area contributed by atoms with Crippen molar-refractivity contribution in [1.82, 2.24) is 5.32 Å². The summed E-state index contributed by atoms with van der Waals surface area (Å²) in [4.78, 5) is 39.0. The second kappa shape index (κ2) is 11.2. The van der Waals surface area contributed by atoms with Crippen LogP contribution in [0, 0.1) is 29.1 Å². The van der Waals surface area contributed by atoms with Crippen LogP contribution in [0.25, 0.3) is 0 Å². The minimum atomic E-state index is -0.722. The number of anilines is 1. The predicted octanol–water partition coefficient (Wildman–Crippen LogP) is 5.09. The van der Waals surface area contributed by atoms with Gasteiger partial charge in [0, 0.05) is 23.9 Å². The van der Waals surface area contributed by atoms with E-state index in [0.29, 0.717) is 24.8 Å². The Labute approximate surface area is 208 Å². The van der Waals surface area contributed by atoms with E-state index in [0.717, 1.165) is 57.1 Å². The first-order chi connectivity index (χ1) is 16.9. The zero-order valence-corrected chi connectivity index (χ0v) is 20.7. The Hall–Kier alpha value is -2.94. The molecule has 2 bridgehead atoms. The highest BCUT2D eigenvalue weighted by molar-refractivity contribution is 5.95. The fraction of sp³-hybridized carbons (Fsp3) is 0.586. The Kier molecular flexibility index (Phi) is 8.05. The lowest BCUT2D eigenvalue weighted by Gasteiger charge is -2.30. The average molecular weight is 476 g/mol. The number of allylic oxidation sites excluding steroid dienone is 1. The molecular weight excluding hydrogens is 438 g/mol. The van der Waals surface area contributed by atoms with Crippen molar-refractivity contribution in [2.75, 3.05) is 5.32 Å². The van der Waals surface area contributed by atoms with Crippen LogP contribution in [0.2, 0.25) is 0 Å². The number of hydrogen-bond acceptors (Lipinski definition) is 5. The summed E-state index contributed by atoms with van der Waals surface area (Å²) in [5, 5.41) is 15.6. The molecule has 1 unspecified atom stereocenters. The largest absolute Gasteiger partial charge is 0.375 e. The standard InChI is InChI=1S/C29H37N3O3/c1-20(33)29-18-24(29)10-5-3-2-4-6-11-26(31-25-14-12-21(19-30)13-15-25)27(34)17-22-8-7-9-23(16-22)28(35)32-29/h5,10,12-15,22-24,26,31H,2-4,6-9,11,16-18H2,1H3,(H,32,35)/b10-5-/t22?,23-,24-,26+,29+/m1/s1. The van der Waals surface area contributed by atoms with Crippen molar-refractivity contribution in [2.24, 2.45) is 17.8 Å². The molecule has 1 aromatic carbocycles. The monoisotopic (exact) mass is 475 g/mol. The summed E-state index contributed by atoms with van der Waals surface area (Å²) in [6.45, 7) is 1.58. The quantitative estimate of drug-likeness (QED) is 0.594. The SMILES string of the molecule is CC(=O)[C@@]12C[C@H]1/C=C\CCCCC[C@H](Nc1ccc(C#N)cc1)C(=O)CC1CCC[C@H](C1)C(=O)N2. The summed E-state index contributed by atoms with van der Waals surface area (Å²) < 4.78 is 0. The molecule has 0 saturated heterocycles. The summed E-state index contributed by atoms with van der Waals surface area (Å²) in [5.74, 6) is 0.371. The first-order valence-corrected chi connectivity index (χ1v) is 13.2. The van der Waals surface area contributed by atoms with Crippen LogP contribution in [0.4, 0.5) is 5.69 Å². The van der Waals surface area contributed by atoms with Gasteiger partial charge in [-0.05, 0) is 82.1 Å². The van der Waals surface area contributed by atoms with E-state index in [1.165, 1.54) is 0 Å². The number of carbonyl (C=O) groups excluding carboxylic acids is 3. The van der Waals surface area contributed by atoms with Gasteiger partial charge in [-0.3, -0.25) is 14.4 Å². The lowest BCUT2D eigenvalue weighted by Crippen LogP contribution is -2.47. The number of hydrogen-bond donors (Lipinski definition) is 2. The molecule has 4 rings (SSSR count). The Morgan fingerprint density at radius 1 is 1.09 bits per heavy atom. The molecule has 0 radical (unpaired) electrons. The van der Waals surface area contributed by atoms with Crippen LogP contribution in [0.3, 0.4) is 0 Å².